The van der Waals surface area contributed by atoms with Gasteiger partial charge in [0.25, 0.3) is 0 Å². The van der Waals surface area contributed by atoms with Crippen LogP contribution in [-0.2, 0) is 0 Å². The van der Waals surface area contributed by atoms with Crippen molar-refractivity contribution in [1.29, 1.82) is 0 Å². The average Bonchev–Trinajstić information content (AvgIpc) is 2.75. The van der Waals surface area contributed by atoms with Crippen LogP contribution in [0.3, 0.4) is 0 Å². The van der Waals surface area contributed by atoms with Gasteiger partial charge in [-0.3, -0.25) is 4.98 Å². The fourth-order valence-corrected chi connectivity index (χ4v) is 3.56. The molecule has 2 aromatic heterocycles. The molecule has 0 saturated heterocycles. The van der Waals surface area contributed by atoms with Gasteiger partial charge >= 0.3 is 0 Å². The molecule has 0 unspecified atom stereocenters. The molecule has 0 saturated carbocycles. The predicted molar refractivity (Wildman–Crippen MR) is 127 cm³/mol. The largest absolute Gasteiger partial charge is 0.257 e. The van der Waals surface area contributed by atoms with Crippen LogP contribution in [0.5, 0.6) is 0 Å². The van der Waals surface area contributed by atoms with E-state index < -0.39 is 0 Å². The van der Waals surface area contributed by atoms with Crippen LogP contribution in [0.2, 0.25) is 0 Å². The van der Waals surface area contributed by atoms with Gasteiger partial charge in [-0.25, -0.2) is 0 Å². The molecule has 0 fully saturated rings. The molecule has 0 atom stereocenters. The van der Waals surface area contributed by atoms with Crippen LogP contribution in [0, 0.1) is 0 Å². The molecule has 0 spiro atoms. The smallest absolute Gasteiger partial charge is 0.0942 e. The number of hydrogen-bond donors (Lipinski definition) is 0. The molecule has 4 heteroatoms. The summed E-state index contributed by atoms with van der Waals surface area (Å²) in [5.41, 5.74) is 1.38. The van der Waals surface area contributed by atoms with Crippen LogP contribution < -0.4 is 30.2 Å². The molecule has 0 radical (unpaired) electrons. The Morgan fingerprint density at radius 3 is 2.52 bits per heavy atom. The molecule has 0 N–H and O–H groups in total. The molecular formula is C25H25N3S. The van der Waals surface area contributed by atoms with Gasteiger partial charge in [-0.2, -0.15) is 5.10 Å². The summed E-state index contributed by atoms with van der Waals surface area (Å²) in [5.74, 6) is 0. The van der Waals surface area contributed by atoms with Gasteiger partial charge in [0.2, 0.25) is 0 Å². The lowest BCUT2D eigenvalue weighted by Gasteiger charge is -2.00. The Labute approximate surface area is 175 Å². The molecule has 0 amide bonds. The van der Waals surface area contributed by atoms with Crippen molar-refractivity contribution in [1.82, 2.24) is 15.2 Å². The van der Waals surface area contributed by atoms with E-state index in [0.29, 0.717) is 16.4 Å². The van der Waals surface area contributed by atoms with E-state index in [4.69, 9.17) is 0 Å². The van der Waals surface area contributed by atoms with Crippen LogP contribution >= 0.6 is 11.3 Å². The summed E-state index contributed by atoms with van der Waals surface area (Å²) in [5, 5.41) is 11.4. The Kier molecular flexibility index (Phi) is 8.19. The van der Waals surface area contributed by atoms with E-state index in [1.54, 1.807) is 29.7 Å². The van der Waals surface area contributed by atoms with Crippen LogP contribution in [0.25, 0.3) is 38.0 Å². The molecule has 29 heavy (non-hydrogen) atoms. The van der Waals surface area contributed by atoms with Gasteiger partial charge < -0.3 is 0 Å². The number of rotatable bonds is 3. The molecule has 0 aliphatic carbocycles. The number of allylic oxidation sites excluding steroid dienone is 1. The molecule has 2 rings (SSSR count). The zero-order valence-electron chi connectivity index (χ0n) is 16.8. The lowest BCUT2D eigenvalue weighted by molar-refractivity contribution is 0.996. The highest BCUT2D eigenvalue weighted by atomic mass is 32.1. The second kappa shape index (κ2) is 10.8. The van der Waals surface area contributed by atoms with E-state index in [9.17, 15) is 0 Å². The number of nitrogens with zero attached hydrogens (tertiary/aromatic N) is 3. The third-order valence-corrected chi connectivity index (χ3v) is 4.82. The monoisotopic (exact) mass is 399 g/mol. The summed E-state index contributed by atoms with van der Waals surface area (Å²) in [6.07, 6.45) is 6.44. The maximum atomic E-state index is 4.49. The van der Waals surface area contributed by atoms with E-state index >= 15 is 0 Å². The second-order valence-corrected chi connectivity index (χ2v) is 7.30. The van der Waals surface area contributed by atoms with E-state index in [1.165, 1.54) is 0 Å². The Morgan fingerprint density at radius 2 is 1.79 bits per heavy atom. The minimum Gasteiger partial charge on any atom is -0.257 e. The summed E-state index contributed by atoms with van der Waals surface area (Å²) in [4.78, 5) is 4.49. The minimum atomic E-state index is 0.545. The molecule has 0 bridgehead atoms. The van der Waals surface area contributed by atoms with Crippen LogP contribution in [0.15, 0.2) is 61.3 Å². The summed E-state index contributed by atoms with van der Waals surface area (Å²) in [6.45, 7) is 22.4. The Balaban J connectivity index is 3.29. The maximum absolute atomic E-state index is 4.49. The fourth-order valence-electron chi connectivity index (χ4n) is 2.55. The summed E-state index contributed by atoms with van der Waals surface area (Å²) < 4.78 is 1.90. The normalized spacial score (nSPS) is 11.8. The number of hydrogen-bond acceptors (Lipinski definition) is 4. The first-order valence-electron chi connectivity index (χ1n) is 9.16. The van der Waals surface area contributed by atoms with Gasteiger partial charge in [0.1, 0.15) is 0 Å². The van der Waals surface area contributed by atoms with Crippen LogP contribution in [0.1, 0.15) is 19.0 Å². The van der Waals surface area contributed by atoms with Gasteiger partial charge in [0.15, 0.2) is 0 Å². The highest BCUT2D eigenvalue weighted by molar-refractivity contribution is 7.07. The van der Waals surface area contributed by atoms with Gasteiger partial charge in [-0.05, 0) is 35.9 Å². The predicted octanol–water partition coefficient (Wildman–Crippen LogP) is 1.40. The van der Waals surface area contributed by atoms with Gasteiger partial charge in [-0.1, -0.05) is 70.2 Å². The zero-order valence-corrected chi connectivity index (χ0v) is 17.6. The van der Waals surface area contributed by atoms with Crippen molar-refractivity contribution in [2.75, 3.05) is 0 Å². The quantitative estimate of drug-likeness (QED) is 0.783. The minimum absolute atomic E-state index is 0.545. The van der Waals surface area contributed by atoms with Crippen molar-refractivity contribution in [3.63, 3.8) is 0 Å². The molecule has 2 aromatic rings. The molecule has 0 aromatic carbocycles. The average molecular weight is 400 g/mol. The summed E-state index contributed by atoms with van der Waals surface area (Å²) in [6, 6.07) is 13.1. The Bertz CT molecular complexity index is 1340. The molecule has 3 nitrogen and oxygen atoms in total. The SMILES string of the molecule is C=C/C(c1cc(=C)ccccc(=C)nn1)=c1/c(=C)ncccc(=C)s/c1=C/CC. The molecular weight excluding hydrogens is 374 g/mol. The van der Waals surface area contributed by atoms with Crippen molar-refractivity contribution in [2.24, 2.45) is 0 Å². The standard InChI is InChI=1S/C25H25N3S/c1-7-12-24-25(21(6)26-16-11-15-20(5)29-24)22(8-2)23-17-18(3)13-9-10-14-19(4)27-28-23/h8-17H,2-7H2,1H3/b13-9?,14-10?,15-11?,23-17?,24-12+,25-22+,26-16?,28-27?. The fraction of sp³-hybridized carbons (Fsp3) is 0.0800. The van der Waals surface area contributed by atoms with Crippen LogP contribution in [0.4, 0.5) is 0 Å². The van der Waals surface area contributed by atoms with Crippen molar-refractivity contribution in [3.8, 4) is 0 Å². The van der Waals surface area contributed by atoms with Gasteiger partial charge in [0.05, 0.1) is 16.4 Å². The number of aromatic nitrogens is 3. The summed E-state index contributed by atoms with van der Waals surface area (Å²) >= 11 is 1.56. The zero-order chi connectivity index (χ0) is 21.2. The van der Waals surface area contributed by atoms with Crippen molar-refractivity contribution < 1.29 is 0 Å². The van der Waals surface area contributed by atoms with Crippen molar-refractivity contribution >= 4 is 49.3 Å². The molecule has 146 valence electrons. The van der Waals surface area contributed by atoms with E-state index in [1.807, 2.05) is 36.4 Å². The van der Waals surface area contributed by atoms with Crippen molar-refractivity contribution in [3.05, 3.63) is 97.2 Å². The molecule has 0 aliphatic rings. The summed E-state index contributed by atoms with van der Waals surface area (Å²) in [7, 11) is 0. The lowest BCUT2D eigenvalue weighted by Crippen LogP contribution is -2.39. The van der Waals surface area contributed by atoms with E-state index in [0.717, 1.165) is 31.5 Å². The highest BCUT2D eigenvalue weighted by Crippen LogP contribution is 2.03. The molecule has 0 aliphatic heterocycles. The maximum Gasteiger partial charge on any atom is 0.0942 e. The second-order valence-electron chi connectivity index (χ2n) is 6.14. The Hall–Kier alpha value is -3.37. The third kappa shape index (κ3) is 6.33. The van der Waals surface area contributed by atoms with Gasteiger partial charge in [-0.15, -0.1) is 16.4 Å². The van der Waals surface area contributed by atoms with E-state index in [-0.39, 0.29) is 0 Å². The first-order valence-corrected chi connectivity index (χ1v) is 9.98. The lowest BCUT2D eigenvalue weighted by atomic mass is 10.1. The first-order chi connectivity index (χ1) is 14.0. The van der Waals surface area contributed by atoms with Crippen LogP contribution in [-0.4, -0.2) is 15.2 Å². The highest BCUT2D eigenvalue weighted by Gasteiger charge is 2.02. The van der Waals surface area contributed by atoms with E-state index in [2.05, 4.69) is 61.1 Å². The van der Waals surface area contributed by atoms with Gasteiger partial charge in [0, 0.05) is 26.1 Å². The third-order valence-electron chi connectivity index (χ3n) is 3.83. The van der Waals surface area contributed by atoms with Crippen molar-refractivity contribution in [2.45, 2.75) is 13.3 Å². The Morgan fingerprint density at radius 1 is 1.03 bits per heavy atom. The molecule has 2 heterocycles. The topological polar surface area (TPSA) is 38.7 Å². The first kappa shape index (κ1) is 21.9.